The number of aryl methyl sites for hydroxylation is 1. The van der Waals surface area contributed by atoms with Crippen molar-refractivity contribution in [3.05, 3.63) is 28.8 Å². The van der Waals surface area contributed by atoms with Crippen LogP contribution in [0.5, 0.6) is 5.75 Å². The average molecular weight is 332 g/mol. The van der Waals surface area contributed by atoms with Crippen molar-refractivity contribution in [2.75, 3.05) is 25.2 Å². The molecule has 116 valence electrons. The number of ether oxygens (including phenoxy) is 1. The van der Waals surface area contributed by atoms with Crippen LogP contribution in [0.4, 0.5) is 0 Å². The molecule has 0 saturated carbocycles. The normalized spacial score (nSPS) is 20.2. The fraction of sp³-hybridized carbons (Fsp3) is 0.500. The van der Waals surface area contributed by atoms with Gasteiger partial charge in [0.2, 0.25) is 0 Å². The first-order valence-electron chi connectivity index (χ1n) is 6.63. The molecular formula is C14H18ClNO4S. The third-order valence-electron chi connectivity index (χ3n) is 3.64. The highest BCUT2D eigenvalue weighted by atomic mass is 35.5. The lowest BCUT2D eigenvalue weighted by Crippen LogP contribution is -2.40. The number of carbonyl (C=O) groups is 1. The van der Waals surface area contributed by atoms with E-state index in [0.29, 0.717) is 17.2 Å². The summed E-state index contributed by atoms with van der Waals surface area (Å²) in [6, 6.07) is 4.92. The molecule has 0 aliphatic carbocycles. The molecule has 0 N–H and O–H groups in total. The van der Waals surface area contributed by atoms with Crippen LogP contribution in [-0.4, -0.2) is 50.4 Å². The number of nitrogens with zero attached hydrogens (tertiary/aromatic N) is 1. The molecule has 2 rings (SSSR count). The Bertz CT molecular complexity index is 644. The first-order valence-corrected chi connectivity index (χ1v) is 8.83. The van der Waals surface area contributed by atoms with Crippen LogP contribution < -0.4 is 4.74 Å². The number of amides is 1. The van der Waals surface area contributed by atoms with E-state index in [4.69, 9.17) is 16.3 Å². The Morgan fingerprint density at radius 1 is 1.48 bits per heavy atom. The van der Waals surface area contributed by atoms with Crippen molar-refractivity contribution < 1.29 is 17.9 Å². The lowest BCUT2D eigenvalue weighted by molar-refractivity contribution is -0.133. The topological polar surface area (TPSA) is 63.7 Å². The molecule has 0 aromatic heterocycles. The number of rotatable bonds is 4. The Hall–Kier alpha value is -1.27. The summed E-state index contributed by atoms with van der Waals surface area (Å²) in [7, 11) is -1.39. The third-order valence-corrected chi connectivity index (χ3v) is 5.82. The van der Waals surface area contributed by atoms with E-state index in [0.717, 1.165) is 5.56 Å². The first kappa shape index (κ1) is 16.1. The summed E-state index contributed by atoms with van der Waals surface area (Å²) >= 11 is 5.92. The van der Waals surface area contributed by atoms with E-state index in [1.807, 2.05) is 6.92 Å². The molecule has 0 unspecified atom stereocenters. The third kappa shape index (κ3) is 4.11. The Morgan fingerprint density at radius 3 is 2.76 bits per heavy atom. The summed E-state index contributed by atoms with van der Waals surface area (Å²) in [6.45, 7) is 1.74. The van der Waals surface area contributed by atoms with Crippen LogP contribution in [0.3, 0.4) is 0 Å². The molecule has 7 heteroatoms. The van der Waals surface area contributed by atoms with E-state index >= 15 is 0 Å². The Morgan fingerprint density at radius 2 is 2.19 bits per heavy atom. The van der Waals surface area contributed by atoms with E-state index in [-0.39, 0.29) is 30.1 Å². The SMILES string of the molecule is Cc1cc(OCC(=O)N(C)[C@@H]2CCS(=O)(=O)C2)ccc1Cl. The summed E-state index contributed by atoms with van der Waals surface area (Å²) in [4.78, 5) is 13.5. The number of hydrogen-bond acceptors (Lipinski definition) is 4. The second-order valence-corrected chi connectivity index (χ2v) is 7.90. The molecule has 0 spiro atoms. The minimum Gasteiger partial charge on any atom is -0.484 e. The summed E-state index contributed by atoms with van der Waals surface area (Å²) < 4.78 is 28.3. The zero-order valence-corrected chi connectivity index (χ0v) is 13.6. The Kier molecular flexibility index (Phi) is 4.78. The van der Waals surface area contributed by atoms with Gasteiger partial charge in [-0.3, -0.25) is 4.79 Å². The summed E-state index contributed by atoms with van der Waals surface area (Å²) in [5.41, 5.74) is 0.872. The molecule has 5 nitrogen and oxygen atoms in total. The average Bonchev–Trinajstić information content (AvgIpc) is 2.79. The molecule has 1 heterocycles. The predicted molar refractivity (Wildman–Crippen MR) is 81.5 cm³/mol. The number of carbonyl (C=O) groups excluding carboxylic acids is 1. The van der Waals surface area contributed by atoms with Crippen LogP contribution in [-0.2, 0) is 14.6 Å². The van der Waals surface area contributed by atoms with Gasteiger partial charge in [-0.05, 0) is 37.1 Å². The first-order chi connectivity index (χ1) is 9.78. The van der Waals surface area contributed by atoms with Gasteiger partial charge in [0, 0.05) is 18.1 Å². The van der Waals surface area contributed by atoms with Crippen molar-refractivity contribution in [3.8, 4) is 5.75 Å². The van der Waals surface area contributed by atoms with Gasteiger partial charge in [0.25, 0.3) is 5.91 Å². The van der Waals surface area contributed by atoms with Gasteiger partial charge in [0.15, 0.2) is 16.4 Å². The van der Waals surface area contributed by atoms with Crippen molar-refractivity contribution in [2.24, 2.45) is 0 Å². The molecule has 1 atom stereocenters. The fourth-order valence-corrected chi connectivity index (χ4v) is 4.13. The van der Waals surface area contributed by atoms with Crippen LogP contribution in [0.2, 0.25) is 5.02 Å². The second kappa shape index (κ2) is 6.23. The van der Waals surface area contributed by atoms with Crippen molar-refractivity contribution in [2.45, 2.75) is 19.4 Å². The number of hydrogen-bond donors (Lipinski definition) is 0. The van der Waals surface area contributed by atoms with E-state index < -0.39 is 9.84 Å². The van der Waals surface area contributed by atoms with E-state index in [1.54, 1.807) is 25.2 Å². The van der Waals surface area contributed by atoms with Gasteiger partial charge in [-0.2, -0.15) is 0 Å². The summed E-state index contributed by atoms with van der Waals surface area (Å²) in [5.74, 6) is 0.518. The van der Waals surface area contributed by atoms with E-state index in [9.17, 15) is 13.2 Å². The maximum absolute atomic E-state index is 12.0. The maximum atomic E-state index is 12.0. The zero-order valence-electron chi connectivity index (χ0n) is 12.0. The highest BCUT2D eigenvalue weighted by Crippen LogP contribution is 2.21. The maximum Gasteiger partial charge on any atom is 0.260 e. The van der Waals surface area contributed by atoms with Crippen LogP contribution in [0.1, 0.15) is 12.0 Å². The minimum atomic E-state index is -3.00. The number of benzene rings is 1. The van der Waals surface area contributed by atoms with Crippen LogP contribution in [0, 0.1) is 6.92 Å². The molecule has 0 radical (unpaired) electrons. The Labute approximate surface area is 129 Å². The standard InChI is InChI=1S/C14H18ClNO4S/c1-10-7-12(3-4-13(10)15)20-8-14(17)16(2)11-5-6-21(18,19)9-11/h3-4,7,11H,5-6,8-9H2,1-2H3/t11-/m1/s1. The molecule has 0 bridgehead atoms. The summed E-state index contributed by atoms with van der Waals surface area (Å²) in [5, 5.41) is 0.641. The summed E-state index contributed by atoms with van der Waals surface area (Å²) in [6.07, 6.45) is 0.491. The largest absolute Gasteiger partial charge is 0.484 e. The molecule has 1 fully saturated rings. The monoisotopic (exact) mass is 331 g/mol. The fourth-order valence-electron chi connectivity index (χ4n) is 2.24. The molecule has 1 aromatic rings. The quantitative estimate of drug-likeness (QED) is 0.842. The van der Waals surface area contributed by atoms with Gasteiger partial charge >= 0.3 is 0 Å². The molecule has 21 heavy (non-hydrogen) atoms. The van der Waals surface area contributed by atoms with Gasteiger partial charge in [-0.25, -0.2) is 8.42 Å². The smallest absolute Gasteiger partial charge is 0.260 e. The van der Waals surface area contributed by atoms with Crippen LogP contribution in [0.25, 0.3) is 0 Å². The van der Waals surface area contributed by atoms with E-state index in [2.05, 4.69) is 0 Å². The van der Waals surface area contributed by atoms with Crippen molar-refractivity contribution in [1.29, 1.82) is 0 Å². The van der Waals surface area contributed by atoms with Gasteiger partial charge in [-0.15, -0.1) is 0 Å². The minimum absolute atomic E-state index is 0.0370. The van der Waals surface area contributed by atoms with E-state index in [1.165, 1.54) is 4.90 Å². The van der Waals surface area contributed by atoms with Crippen LogP contribution in [0.15, 0.2) is 18.2 Å². The van der Waals surface area contributed by atoms with Gasteiger partial charge < -0.3 is 9.64 Å². The number of likely N-dealkylation sites (N-methyl/N-ethyl adjacent to an activating group) is 1. The second-order valence-electron chi connectivity index (χ2n) is 5.26. The van der Waals surface area contributed by atoms with Gasteiger partial charge in [-0.1, -0.05) is 11.6 Å². The van der Waals surface area contributed by atoms with Gasteiger partial charge in [0.05, 0.1) is 11.5 Å². The molecular weight excluding hydrogens is 314 g/mol. The molecule has 1 aliphatic rings. The highest BCUT2D eigenvalue weighted by molar-refractivity contribution is 7.91. The van der Waals surface area contributed by atoms with Crippen molar-refractivity contribution >= 4 is 27.3 Å². The molecule has 1 aromatic carbocycles. The zero-order chi connectivity index (χ0) is 15.6. The Balaban J connectivity index is 1.91. The molecule has 1 saturated heterocycles. The predicted octanol–water partition coefficient (Wildman–Crippen LogP) is 1.67. The van der Waals surface area contributed by atoms with Gasteiger partial charge in [0.1, 0.15) is 5.75 Å². The number of halogens is 1. The lowest BCUT2D eigenvalue weighted by Gasteiger charge is -2.23. The number of sulfone groups is 1. The highest BCUT2D eigenvalue weighted by Gasteiger charge is 2.32. The lowest BCUT2D eigenvalue weighted by atomic mass is 10.2. The van der Waals surface area contributed by atoms with Crippen LogP contribution >= 0.6 is 11.6 Å². The van der Waals surface area contributed by atoms with Crippen molar-refractivity contribution in [1.82, 2.24) is 4.90 Å². The molecule has 1 aliphatic heterocycles. The van der Waals surface area contributed by atoms with Crippen molar-refractivity contribution in [3.63, 3.8) is 0 Å². The molecule has 1 amide bonds.